The van der Waals surface area contributed by atoms with E-state index >= 15 is 0 Å². The summed E-state index contributed by atoms with van der Waals surface area (Å²) in [5.74, 6) is -0.205. The third-order valence-electron chi connectivity index (χ3n) is 3.88. The predicted molar refractivity (Wildman–Crippen MR) is 104 cm³/mol. The van der Waals surface area contributed by atoms with Gasteiger partial charge in [0, 0.05) is 33.1 Å². The molecule has 3 aromatic rings. The highest BCUT2D eigenvalue weighted by atomic mass is 32.2. The summed E-state index contributed by atoms with van der Waals surface area (Å²) in [6.07, 6.45) is 0. The number of nitro benzene ring substituents is 1. The highest BCUT2D eigenvalue weighted by Gasteiger charge is 2.23. The molecule has 0 radical (unpaired) electrons. The lowest BCUT2D eigenvalue weighted by atomic mass is 9.96. The molecule has 136 valence electrons. The molecule has 0 aliphatic heterocycles. The standard InChI is InChI=1S/C19H11N5O3S/c20-9-14-17(15(10-21)19(25)23-18(14)22)13-8-11(24(26)27)6-7-16(13)28-12-4-2-1-3-5-12/h1-8H,(H3,22,23,25). The molecule has 0 bridgehead atoms. The van der Waals surface area contributed by atoms with Crippen molar-refractivity contribution in [2.75, 3.05) is 5.73 Å². The molecule has 0 unspecified atom stereocenters. The Bertz CT molecular complexity index is 1220. The Morgan fingerprint density at radius 1 is 1.07 bits per heavy atom. The van der Waals surface area contributed by atoms with Gasteiger partial charge in [0.15, 0.2) is 0 Å². The number of nitro groups is 1. The Hall–Kier alpha value is -4.08. The summed E-state index contributed by atoms with van der Waals surface area (Å²) in [4.78, 5) is 26.5. The lowest BCUT2D eigenvalue weighted by molar-refractivity contribution is -0.384. The van der Waals surface area contributed by atoms with Gasteiger partial charge in [0.05, 0.1) is 4.92 Å². The first-order chi connectivity index (χ1) is 13.5. The van der Waals surface area contributed by atoms with E-state index in [9.17, 15) is 25.4 Å². The first kappa shape index (κ1) is 18.7. The van der Waals surface area contributed by atoms with Crippen LogP contribution in [0.3, 0.4) is 0 Å². The molecule has 0 fully saturated rings. The van der Waals surface area contributed by atoms with E-state index in [0.29, 0.717) is 4.90 Å². The highest BCUT2D eigenvalue weighted by Crippen LogP contribution is 2.40. The Morgan fingerprint density at radius 3 is 2.36 bits per heavy atom. The number of non-ortho nitro benzene ring substituents is 1. The van der Waals surface area contributed by atoms with Gasteiger partial charge in [-0.1, -0.05) is 30.0 Å². The summed E-state index contributed by atoms with van der Waals surface area (Å²) in [6, 6.07) is 16.9. The molecule has 28 heavy (non-hydrogen) atoms. The Labute approximate surface area is 163 Å². The average molecular weight is 389 g/mol. The number of benzene rings is 2. The smallest absolute Gasteiger partial charge is 0.270 e. The molecule has 0 saturated carbocycles. The van der Waals surface area contributed by atoms with Crippen LogP contribution in [0.5, 0.6) is 0 Å². The van der Waals surface area contributed by atoms with Crippen molar-refractivity contribution in [1.29, 1.82) is 10.5 Å². The number of nitrogens with zero attached hydrogens (tertiary/aromatic N) is 3. The quantitative estimate of drug-likeness (QED) is 0.512. The monoisotopic (exact) mass is 389 g/mol. The second-order valence-electron chi connectivity index (χ2n) is 5.57. The first-order valence-electron chi connectivity index (χ1n) is 7.84. The van der Waals surface area contributed by atoms with Crippen molar-refractivity contribution < 1.29 is 4.92 Å². The Kier molecular flexibility index (Phi) is 5.12. The van der Waals surface area contributed by atoms with E-state index in [0.717, 1.165) is 4.90 Å². The number of anilines is 1. The maximum absolute atomic E-state index is 12.2. The van der Waals surface area contributed by atoms with Crippen LogP contribution in [0.2, 0.25) is 0 Å². The second kappa shape index (κ2) is 7.66. The number of nitrogens with two attached hydrogens (primary N) is 1. The number of hydrogen-bond donors (Lipinski definition) is 2. The van der Waals surface area contributed by atoms with Gasteiger partial charge in [-0.15, -0.1) is 0 Å². The third-order valence-corrected chi connectivity index (χ3v) is 4.97. The van der Waals surface area contributed by atoms with Crippen LogP contribution < -0.4 is 11.3 Å². The van der Waals surface area contributed by atoms with Crippen LogP contribution in [0.4, 0.5) is 11.5 Å². The second-order valence-corrected chi connectivity index (χ2v) is 6.68. The number of nitriles is 2. The molecule has 0 aliphatic rings. The molecule has 3 N–H and O–H groups in total. The van der Waals surface area contributed by atoms with Gasteiger partial charge in [0.1, 0.15) is 29.1 Å². The fourth-order valence-corrected chi connectivity index (χ4v) is 3.60. The summed E-state index contributed by atoms with van der Waals surface area (Å²) >= 11 is 1.29. The van der Waals surface area contributed by atoms with Gasteiger partial charge in [0.2, 0.25) is 0 Å². The van der Waals surface area contributed by atoms with Crippen molar-refractivity contribution in [2.45, 2.75) is 9.79 Å². The molecule has 0 saturated heterocycles. The minimum atomic E-state index is -0.767. The first-order valence-corrected chi connectivity index (χ1v) is 8.65. The maximum Gasteiger partial charge on any atom is 0.270 e. The van der Waals surface area contributed by atoms with E-state index in [2.05, 4.69) is 4.98 Å². The summed E-state index contributed by atoms with van der Waals surface area (Å²) in [5.41, 5.74) is 4.51. The molecule has 2 aromatic carbocycles. The van der Waals surface area contributed by atoms with Crippen LogP contribution in [-0.4, -0.2) is 9.91 Å². The van der Waals surface area contributed by atoms with Crippen molar-refractivity contribution in [3.05, 3.63) is 80.1 Å². The molecular weight excluding hydrogens is 378 g/mol. The van der Waals surface area contributed by atoms with Crippen LogP contribution in [0.25, 0.3) is 11.1 Å². The molecule has 8 nitrogen and oxygen atoms in total. The minimum Gasteiger partial charge on any atom is -0.384 e. The predicted octanol–water partition coefficient (Wildman–Crippen LogP) is 3.43. The van der Waals surface area contributed by atoms with Gasteiger partial charge in [-0.05, 0) is 18.2 Å². The number of H-pyrrole nitrogens is 1. The molecule has 0 aliphatic carbocycles. The van der Waals surface area contributed by atoms with Crippen molar-refractivity contribution in [3.63, 3.8) is 0 Å². The molecule has 1 aromatic heterocycles. The SMILES string of the molecule is N#Cc1c(N)[nH]c(=O)c(C#N)c1-c1cc([N+](=O)[O-])ccc1Sc1ccccc1. The molecule has 0 amide bonds. The van der Waals surface area contributed by atoms with Gasteiger partial charge in [0.25, 0.3) is 11.2 Å². The Morgan fingerprint density at radius 2 is 1.75 bits per heavy atom. The van der Waals surface area contributed by atoms with E-state index in [4.69, 9.17) is 5.73 Å². The number of pyridine rings is 1. The largest absolute Gasteiger partial charge is 0.384 e. The minimum absolute atomic E-state index is 0.0200. The fourth-order valence-electron chi connectivity index (χ4n) is 2.64. The van der Waals surface area contributed by atoms with Crippen molar-refractivity contribution in [1.82, 2.24) is 4.98 Å². The van der Waals surface area contributed by atoms with Crippen molar-refractivity contribution >= 4 is 23.3 Å². The maximum atomic E-state index is 12.2. The van der Waals surface area contributed by atoms with Gasteiger partial charge < -0.3 is 10.7 Å². The summed E-state index contributed by atoms with van der Waals surface area (Å²) < 4.78 is 0. The summed E-state index contributed by atoms with van der Waals surface area (Å²) in [6.45, 7) is 0. The van der Waals surface area contributed by atoms with Crippen LogP contribution in [0.1, 0.15) is 11.1 Å². The lowest BCUT2D eigenvalue weighted by Gasteiger charge is -2.13. The number of aromatic nitrogens is 1. The zero-order valence-corrected chi connectivity index (χ0v) is 15.0. The summed E-state index contributed by atoms with van der Waals surface area (Å²) in [7, 11) is 0. The van der Waals surface area contributed by atoms with Gasteiger partial charge in [-0.25, -0.2) is 0 Å². The van der Waals surface area contributed by atoms with Crippen molar-refractivity contribution in [2.24, 2.45) is 0 Å². The van der Waals surface area contributed by atoms with Gasteiger partial charge >= 0.3 is 0 Å². The molecule has 0 atom stereocenters. The zero-order chi connectivity index (χ0) is 20.3. The third kappa shape index (κ3) is 3.43. The van der Waals surface area contributed by atoms with Crippen LogP contribution >= 0.6 is 11.8 Å². The molecule has 0 spiro atoms. The number of hydrogen-bond acceptors (Lipinski definition) is 7. The summed E-state index contributed by atoms with van der Waals surface area (Å²) in [5, 5.41) is 30.3. The topological polar surface area (TPSA) is 150 Å². The molecule has 9 heteroatoms. The zero-order valence-electron chi connectivity index (χ0n) is 14.2. The van der Waals surface area contributed by atoms with Crippen LogP contribution in [-0.2, 0) is 0 Å². The number of aromatic amines is 1. The van der Waals surface area contributed by atoms with E-state index in [-0.39, 0.29) is 33.8 Å². The van der Waals surface area contributed by atoms with Crippen LogP contribution in [0.15, 0.2) is 63.1 Å². The van der Waals surface area contributed by atoms with Gasteiger partial charge in [-0.3, -0.25) is 14.9 Å². The highest BCUT2D eigenvalue weighted by molar-refractivity contribution is 7.99. The van der Waals surface area contributed by atoms with Gasteiger partial charge in [-0.2, -0.15) is 10.5 Å². The fraction of sp³-hybridized carbons (Fsp3) is 0. The average Bonchev–Trinajstić information content (AvgIpc) is 2.68. The number of nitrogens with one attached hydrogen (secondary N) is 1. The van der Waals surface area contributed by atoms with E-state index in [1.165, 1.54) is 30.0 Å². The van der Waals surface area contributed by atoms with E-state index in [1.54, 1.807) is 6.07 Å². The van der Waals surface area contributed by atoms with Crippen LogP contribution in [0, 0.1) is 32.8 Å². The van der Waals surface area contributed by atoms with E-state index in [1.807, 2.05) is 36.4 Å². The molecule has 3 rings (SSSR count). The number of rotatable bonds is 4. The normalized spacial score (nSPS) is 10.1. The van der Waals surface area contributed by atoms with E-state index < -0.39 is 10.5 Å². The lowest BCUT2D eigenvalue weighted by Crippen LogP contribution is -2.16. The molecular formula is C19H11N5O3S. The molecule has 1 heterocycles. The number of nitrogen functional groups attached to an aromatic ring is 1. The Balaban J connectivity index is 2.36. The van der Waals surface area contributed by atoms with Crippen molar-refractivity contribution in [3.8, 4) is 23.3 Å².